The van der Waals surface area contributed by atoms with Crippen LogP contribution in [-0.4, -0.2) is 49.6 Å². The Balaban J connectivity index is 1.28. The summed E-state index contributed by atoms with van der Waals surface area (Å²) in [5, 5.41) is 10.4. The standard InChI is InChI=1S/C25H29ClFN7O/c1-14-9-17(11-21-29-13-19(26)23(30-21)31-22-10-15(2)32-33-22)20(27)12-18(14)16-3-7-34(8-4-16)24(35)25(28)5-6-25/h9-10,12-13,16H,3-8,11,28H2,1-2H3,(H2,29,30,31,32,33). The summed E-state index contributed by atoms with van der Waals surface area (Å²) in [6, 6.07) is 5.35. The molecule has 0 atom stereocenters. The third-order valence-corrected chi connectivity index (χ3v) is 7.24. The van der Waals surface area contributed by atoms with Crippen LogP contribution >= 0.6 is 11.6 Å². The summed E-state index contributed by atoms with van der Waals surface area (Å²) in [6.07, 6.45) is 4.91. The van der Waals surface area contributed by atoms with E-state index in [0.29, 0.717) is 41.1 Å². The lowest BCUT2D eigenvalue weighted by Crippen LogP contribution is -2.48. The second-order valence-electron chi connectivity index (χ2n) is 9.74. The lowest BCUT2D eigenvalue weighted by Gasteiger charge is -2.34. The minimum Gasteiger partial charge on any atom is -0.341 e. The highest BCUT2D eigenvalue weighted by atomic mass is 35.5. The van der Waals surface area contributed by atoms with E-state index in [4.69, 9.17) is 17.3 Å². The maximum Gasteiger partial charge on any atom is 0.242 e. The van der Waals surface area contributed by atoms with E-state index in [2.05, 4.69) is 25.5 Å². The van der Waals surface area contributed by atoms with E-state index < -0.39 is 5.54 Å². The molecule has 0 radical (unpaired) electrons. The molecule has 5 rings (SSSR count). The van der Waals surface area contributed by atoms with Crippen LogP contribution in [0, 0.1) is 19.7 Å². The lowest BCUT2D eigenvalue weighted by atomic mass is 9.85. The number of carbonyl (C=O) groups is 1. The third-order valence-electron chi connectivity index (χ3n) is 6.97. The van der Waals surface area contributed by atoms with Gasteiger partial charge in [0.25, 0.3) is 0 Å². The van der Waals surface area contributed by atoms with Crippen LogP contribution in [-0.2, 0) is 11.2 Å². The zero-order valence-electron chi connectivity index (χ0n) is 19.9. The molecule has 0 bridgehead atoms. The maximum absolute atomic E-state index is 15.2. The largest absolute Gasteiger partial charge is 0.341 e. The molecule has 1 aliphatic carbocycles. The van der Waals surface area contributed by atoms with Crippen LogP contribution < -0.4 is 11.1 Å². The Hall–Kier alpha value is -3.04. The number of amides is 1. The van der Waals surface area contributed by atoms with Crippen LogP contribution in [0.3, 0.4) is 0 Å². The number of aromatic nitrogens is 4. The van der Waals surface area contributed by atoms with Crippen molar-refractivity contribution in [3.63, 3.8) is 0 Å². The molecule has 0 unspecified atom stereocenters. The highest BCUT2D eigenvalue weighted by Crippen LogP contribution is 2.37. The monoisotopic (exact) mass is 497 g/mol. The number of nitrogens with zero attached hydrogens (tertiary/aromatic N) is 4. The van der Waals surface area contributed by atoms with Crippen molar-refractivity contribution in [2.75, 3.05) is 18.4 Å². The van der Waals surface area contributed by atoms with Crippen LogP contribution in [0.5, 0.6) is 0 Å². The number of piperidine rings is 1. The van der Waals surface area contributed by atoms with Crippen molar-refractivity contribution in [2.45, 2.75) is 57.4 Å². The van der Waals surface area contributed by atoms with Gasteiger partial charge in [0.1, 0.15) is 16.7 Å². The van der Waals surface area contributed by atoms with Crippen LogP contribution in [0.25, 0.3) is 0 Å². The van der Waals surface area contributed by atoms with Crippen molar-refractivity contribution in [3.8, 4) is 0 Å². The summed E-state index contributed by atoms with van der Waals surface area (Å²) in [5.74, 6) is 1.47. The normalized spacial score (nSPS) is 17.5. The average Bonchev–Trinajstić information content (AvgIpc) is 3.46. The van der Waals surface area contributed by atoms with Crippen LogP contribution in [0.1, 0.15) is 59.8 Å². The smallest absolute Gasteiger partial charge is 0.242 e. The Morgan fingerprint density at radius 1 is 1.29 bits per heavy atom. The number of aryl methyl sites for hydroxylation is 2. The number of likely N-dealkylation sites (tertiary alicyclic amines) is 1. The lowest BCUT2D eigenvalue weighted by molar-refractivity contribution is -0.134. The molecule has 1 saturated heterocycles. The number of aromatic amines is 1. The minimum atomic E-state index is -0.632. The number of hydrogen-bond acceptors (Lipinski definition) is 6. The molecule has 3 heterocycles. The zero-order chi connectivity index (χ0) is 24.7. The number of anilines is 2. The maximum atomic E-state index is 15.2. The number of H-pyrrole nitrogens is 1. The first kappa shape index (κ1) is 23.7. The summed E-state index contributed by atoms with van der Waals surface area (Å²) in [6.45, 7) is 5.22. The molecular weight excluding hydrogens is 469 g/mol. The summed E-state index contributed by atoms with van der Waals surface area (Å²) < 4.78 is 15.2. The number of nitrogens with two attached hydrogens (primary N) is 1. The van der Waals surface area contributed by atoms with Gasteiger partial charge >= 0.3 is 0 Å². The molecule has 8 nitrogen and oxygen atoms in total. The van der Waals surface area contributed by atoms with Crippen molar-refractivity contribution in [1.82, 2.24) is 25.1 Å². The molecule has 1 amide bonds. The van der Waals surface area contributed by atoms with E-state index in [9.17, 15) is 4.79 Å². The topological polar surface area (TPSA) is 113 Å². The van der Waals surface area contributed by atoms with Crippen LogP contribution in [0.4, 0.5) is 16.0 Å². The van der Waals surface area contributed by atoms with Crippen LogP contribution in [0.2, 0.25) is 5.02 Å². The Bertz CT molecular complexity index is 1260. The molecule has 1 saturated carbocycles. The number of benzene rings is 1. The fourth-order valence-electron chi connectivity index (χ4n) is 4.74. The Kier molecular flexibility index (Phi) is 6.23. The molecule has 184 valence electrons. The van der Waals surface area contributed by atoms with Crippen LogP contribution in [0.15, 0.2) is 24.4 Å². The third kappa shape index (κ3) is 5.01. The van der Waals surface area contributed by atoms with E-state index in [-0.39, 0.29) is 24.1 Å². The van der Waals surface area contributed by atoms with Gasteiger partial charge in [0.05, 0.1) is 11.7 Å². The summed E-state index contributed by atoms with van der Waals surface area (Å²) in [7, 11) is 0. The van der Waals surface area contributed by atoms with Crippen molar-refractivity contribution in [1.29, 1.82) is 0 Å². The summed E-state index contributed by atoms with van der Waals surface area (Å²) >= 11 is 6.25. The number of hydrogen-bond donors (Lipinski definition) is 3. The summed E-state index contributed by atoms with van der Waals surface area (Å²) in [5.41, 5.74) is 8.91. The van der Waals surface area contributed by atoms with Gasteiger partial charge in [0, 0.05) is 31.3 Å². The van der Waals surface area contributed by atoms with E-state index in [1.54, 1.807) is 6.07 Å². The summed E-state index contributed by atoms with van der Waals surface area (Å²) in [4.78, 5) is 23.2. The molecule has 2 fully saturated rings. The van der Waals surface area contributed by atoms with Crippen molar-refractivity contribution in [2.24, 2.45) is 5.73 Å². The predicted octanol–water partition coefficient (Wildman–Crippen LogP) is 4.14. The molecule has 1 aromatic carbocycles. The quantitative estimate of drug-likeness (QED) is 0.471. The fourth-order valence-corrected chi connectivity index (χ4v) is 4.88. The van der Waals surface area contributed by atoms with Gasteiger partial charge in [-0.2, -0.15) is 5.10 Å². The van der Waals surface area contributed by atoms with Gasteiger partial charge in [0.15, 0.2) is 11.6 Å². The number of carbonyl (C=O) groups excluding carboxylic acids is 1. The van der Waals surface area contributed by atoms with Gasteiger partial charge in [-0.3, -0.25) is 9.89 Å². The molecule has 2 aromatic heterocycles. The second-order valence-corrected chi connectivity index (χ2v) is 10.2. The zero-order valence-corrected chi connectivity index (χ0v) is 20.6. The Morgan fingerprint density at radius 3 is 2.69 bits per heavy atom. The van der Waals surface area contributed by atoms with E-state index in [1.807, 2.05) is 30.9 Å². The second kappa shape index (κ2) is 9.20. The molecule has 0 spiro atoms. The Labute approximate surface area is 208 Å². The van der Waals surface area contributed by atoms with Gasteiger partial charge in [0.2, 0.25) is 5.91 Å². The fraction of sp³-hybridized carbons (Fsp3) is 0.440. The number of rotatable bonds is 6. The van der Waals surface area contributed by atoms with Crippen molar-refractivity contribution < 1.29 is 9.18 Å². The van der Waals surface area contributed by atoms with Gasteiger partial charge < -0.3 is 16.0 Å². The van der Waals surface area contributed by atoms with E-state index in [1.165, 1.54) is 6.20 Å². The SMILES string of the molecule is Cc1cc(Nc2nc(Cc3cc(C)c(C4CCN(C(=O)C5(N)CC5)CC4)cc3F)ncc2Cl)n[nH]1. The highest BCUT2D eigenvalue weighted by Gasteiger charge is 2.48. The van der Waals surface area contributed by atoms with Gasteiger partial charge in [-0.15, -0.1) is 0 Å². The van der Waals surface area contributed by atoms with Crippen molar-refractivity contribution in [3.05, 3.63) is 63.4 Å². The van der Waals surface area contributed by atoms with Gasteiger partial charge in [-0.05, 0) is 68.2 Å². The number of halogens is 2. The first-order valence-corrected chi connectivity index (χ1v) is 12.3. The Morgan fingerprint density at radius 2 is 2.03 bits per heavy atom. The molecule has 2 aliphatic rings. The molecular formula is C25H29ClFN7O. The average molecular weight is 498 g/mol. The first-order chi connectivity index (χ1) is 16.7. The minimum absolute atomic E-state index is 0.0634. The molecule has 4 N–H and O–H groups in total. The molecule has 3 aromatic rings. The predicted molar refractivity (Wildman–Crippen MR) is 132 cm³/mol. The van der Waals surface area contributed by atoms with E-state index in [0.717, 1.165) is 42.5 Å². The van der Waals surface area contributed by atoms with E-state index >= 15 is 4.39 Å². The molecule has 35 heavy (non-hydrogen) atoms. The van der Waals surface area contributed by atoms with Gasteiger partial charge in [-0.1, -0.05) is 17.7 Å². The molecule has 10 heteroatoms. The molecule has 1 aliphatic heterocycles. The van der Waals surface area contributed by atoms with Crippen molar-refractivity contribution >= 4 is 29.1 Å². The number of nitrogens with one attached hydrogen (secondary N) is 2. The first-order valence-electron chi connectivity index (χ1n) is 11.9. The highest BCUT2D eigenvalue weighted by molar-refractivity contribution is 6.32. The van der Waals surface area contributed by atoms with Gasteiger partial charge in [-0.25, -0.2) is 14.4 Å².